The molecule has 0 bridgehead atoms. The number of carbonyl (C=O) groups is 2. The number of aryl methyl sites for hydroxylation is 1. The lowest BCUT2D eigenvalue weighted by Gasteiger charge is -2.16. The van der Waals surface area contributed by atoms with Gasteiger partial charge in [-0.1, -0.05) is 11.6 Å². The van der Waals surface area contributed by atoms with Crippen molar-refractivity contribution in [1.82, 2.24) is 4.98 Å². The summed E-state index contributed by atoms with van der Waals surface area (Å²) in [5.41, 5.74) is 6.64. The number of hydrogen-bond acceptors (Lipinski definition) is 3. The molecule has 1 aliphatic rings. The monoisotopic (exact) mass is 253 g/mol. The van der Waals surface area contributed by atoms with Crippen LogP contribution in [0.1, 0.15) is 12.0 Å². The van der Waals surface area contributed by atoms with Gasteiger partial charge in [0.05, 0.1) is 17.8 Å². The minimum absolute atomic E-state index is 0.114. The highest BCUT2D eigenvalue weighted by molar-refractivity contribution is 6.30. The Balaban J connectivity index is 2.26. The van der Waals surface area contributed by atoms with Crippen molar-refractivity contribution in [1.29, 1.82) is 0 Å². The van der Waals surface area contributed by atoms with E-state index in [2.05, 4.69) is 4.98 Å². The molecule has 0 spiro atoms. The zero-order chi connectivity index (χ0) is 12.6. The fourth-order valence-electron chi connectivity index (χ4n) is 1.84. The Kier molecular flexibility index (Phi) is 3.02. The Morgan fingerprint density at radius 3 is 2.88 bits per heavy atom. The second kappa shape index (κ2) is 4.33. The molecule has 90 valence electrons. The average molecular weight is 254 g/mol. The number of halogens is 1. The molecule has 1 saturated heterocycles. The Morgan fingerprint density at radius 2 is 2.35 bits per heavy atom. The minimum Gasteiger partial charge on any atom is -0.369 e. The zero-order valence-electron chi connectivity index (χ0n) is 9.31. The molecule has 2 N–H and O–H groups in total. The van der Waals surface area contributed by atoms with Gasteiger partial charge >= 0.3 is 0 Å². The maximum Gasteiger partial charge on any atom is 0.227 e. The minimum atomic E-state index is -0.445. The fourth-order valence-corrected chi connectivity index (χ4v) is 1.94. The summed E-state index contributed by atoms with van der Waals surface area (Å²) in [6.45, 7) is 2.13. The molecule has 17 heavy (non-hydrogen) atoms. The summed E-state index contributed by atoms with van der Waals surface area (Å²) in [5, 5.41) is 0.409. The molecule has 1 atom stereocenters. The van der Waals surface area contributed by atoms with Gasteiger partial charge in [-0.2, -0.15) is 0 Å². The molecule has 6 heteroatoms. The Labute approximate surface area is 104 Å². The van der Waals surface area contributed by atoms with Crippen molar-refractivity contribution in [3.8, 4) is 0 Å². The first kappa shape index (κ1) is 11.9. The Bertz CT molecular complexity index is 490. The molecule has 2 heterocycles. The van der Waals surface area contributed by atoms with E-state index in [0.29, 0.717) is 17.4 Å². The molecule has 0 aliphatic carbocycles. The Morgan fingerprint density at radius 1 is 1.65 bits per heavy atom. The molecule has 1 fully saturated rings. The number of aromatic nitrogens is 1. The molecule has 1 aromatic heterocycles. The third kappa shape index (κ3) is 2.24. The van der Waals surface area contributed by atoms with Gasteiger partial charge in [0.1, 0.15) is 5.15 Å². The van der Waals surface area contributed by atoms with Gasteiger partial charge in [-0.05, 0) is 18.6 Å². The molecule has 2 rings (SSSR count). The van der Waals surface area contributed by atoms with Crippen LogP contribution in [0.3, 0.4) is 0 Å². The van der Waals surface area contributed by atoms with Gasteiger partial charge in [0.25, 0.3) is 0 Å². The fraction of sp³-hybridized carbons (Fsp3) is 0.364. The van der Waals surface area contributed by atoms with Crippen molar-refractivity contribution >= 4 is 29.1 Å². The van der Waals surface area contributed by atoms with Crippen LogP contribution in [-0.2, 0) is 9.59 Å². The van der Waals surface area contributed by atoms with Crippen molar-refractivity contribution in [3.05, 3.63) is 23.0 Å². The second-order valence-corrected chi connectivity index (χ2v) is 4.47. The number of hydrogen-bond donors (Lipinski definition) is 1. The quantitative estimate of drug-likeness (QED) is 0.795. The van der Waals surface area contributed by atoms with E-state index in [1.807, 2.05) is 6.92 Å². The molecule has 0 saturated carbocycles. The predicted molar refractivity (Wildman–Crippen MR) is 63.6 cm³/mol. The number of anilines is 1. The van der Waals surface area contributed by atoms with Crippen LogP contribution in [0.25, 0.3) is 0 Å². The van der Waals surface area contributed by atoms with E-state index in [9.17, 15) is 9.59 Å². The van der Waals surface area contributed by atoms with Gasteiger partial charge in [0, 0.05) is 13.0 Å². The van der Waals surface area contributed by atoms with Gasteiger partial charge in [-0.25, -0.2) is 4.98 Å². The Hall–Kier alpha value is -1.62. The third-order valence-electron chi connectivity index (χ3n) is 2.84. The molecule has 0 aromatic carbocycles. The van der Waals surface area contributed by atoms with Gasteiger partial charge in [-0.15, -0.1) is 0 Å². The first-order valence-electron chi connectivity index (χ1n) is 5.21. The molecular weight excluding hydrogens is 242 g/mol. The normalized spacial score (nSPS) is 19.8. The standard InChI is InChI=1S/C11H12ClN3O2/c1-6-2-8(4-14-10(6)12)15-5-7(11(13)17)3-9(15)16/h2,4,7H,3,5H2,1H3,(H2,13,17). The van der Waals surface area contributed by atoms with E-state index in [1.165, 1.54) is 11.1 Å². The highest BCUT2D eigenvalue weighted by Gasteiger charge is 2.34. The summed E-state index contributed by atoms with van der Waals surface area (Å²) in [7, 11) is 0. The van der Waals surface area contributed by atoms with E-state index in [-0.39, 0.29) is 12.3 Å². The molecule has 2 amide bonds. The van der Waals surface area contributed by atoms with Crippen LogP contribution in [0, 0.1) is 12.8 Å². The summed E-state index contributed by atoms with van der Waals surface area (Å²) in [5.74, 6) is -0.977. The van der Waals surface area contributed by atoms with Crippen LogP contribution in [0.2, 0.25) is 5.15 Å². The van der Waals surface area contributed by atoms with Crippen molar-refractivity contribution in [2.75, 3.05) is 11.4 Å². The number of pyridine rings is 1. The first-order chi connectivity index (χ1) is 7.99. The van der Waals surface area contributed by atoms with Crippen molar-refractivity contribution in [2.24, 2.45) is 11.7 Å². The smallest absolute Gasteiger partial charge is 0.227 e. The van der Waals surface area contributed by atoms with Gasteiger partial charge in [0.2, 0.25) is 11.8 Å². The third-order valence-corrected chi connectivity index (χ3v) is 3.23. The average Bonchev–Trinajstić information content (AvgIpc) is 2.65. The molecular formula is C11H12ClN3O2. The first-order valence-corrected chi connectivity index (χ1v) is 5.58. The van der Waals surface area contributed by atoms with Crippen LogP contribution in [0.15, 0.2) is 12.3 Å². The zero-order valence-corrected chi connectivity index (χ0v) is 10.1. The largest absolute Gasteiger partial charge is 0.369 e. The molecule has 0 radical (unpaired) electrons. The molecule has 5 nitrogen and oxygen atoms in total. The van der Waals surface area contributed by atoms with Crippen LogP contribution in [-0.4, -0.2) is 23.3 Å². The van der Waals surface area contributed by atoms with Gasteiger partial charge in [0.15, 0.2) is 0 Å². The van der Waals surface area contributed by atoms with Crippen LogP contribution < -0.4 is 10.6 Å². The highest BCUT2D eigenvalue weighted by Crippen LogP contribution is 2.26. The summed E-state index contributed by atoms with van der Waals surface area (Å²) < 4.78 is 0. The van der Waals surface area contributed by atoms with E-state index in [0.717, 1.165) is 5.56 Å². The van der Waals surface area contributed by atoms with Crippen LogP contribution in [0.4, 0.5) is 5.69 Å². The molecule has 1 aromatic rings. The van der Waals surface area contributed by atoms with Crippen molar-refractivity contribution in [2.45, 2.75) is 13.3 Å². The SMILES string of the molecule is Cc1cc(N2CC(C(N)=O)CC2=O)cnc1Cl. The summed E-state index contributed by atoms with van der Waals surface area (Å²) in [6, 6.07) is 1.77. The number of primary amides is 1. The summed E-state index contributed by atoms with van der Waals surface area (Å²) in [4.78, 5) is 28.3. The maximum absolute atomic E-state index is 11.7. The second-order valence-electron chi connectivity index (χ2n) is 4.11. The summed E-state index contributed by atoms with van der Waals surface area (Å²) >= 11 is 5.81. The van der Waals surface area contributed by atoms with Crippen LogP contribution >= 0.6 is 11.6 Å². The van der Waals surface area contributed by atoms with E-state index in [1.54, 1.807) is 6.07 Å². The number of rotatable bonds is 2. The number of nitrogens with zero attached hydrogens (tertiary/aromatic N) is 2. The maximum atomic E-state index is 11.7. The van der Waals surface area contributed by atoms with E-state index < -0.39 is 11.8 Å². The van der Waals surface area contributed by atoms with Gasteiger partial charge < -0.3 is 10.6 Å². The van der Waals surface area contributed by atoms with E-state index in [4.69, 9.17) is 17.3 Å². The number of amides is 2. The molecule has 1 unspecified atom stereocenters. The lowest BCUT2D eigenvalue weighted by atomic mass is 10.1. The molecule has 1 aliphatic heterocycles. The van der Waals surface area contributed by atoms with Crippen molar-refractivity contribution in [3.63, 3.8) is 0 Å². The van der Waals surface area contributed by atoms with Gasteiger partial charge in [-0.3, -0.25) is 9.59 Å². The topological polar surface area (TPSA) is 76.3 Å². The number of nitrogens with two attached hydrogens (primary N) is 1. The highest BCUT2D eigenvalue weighted by atomic mass is 35.5. The predicted octanol–water partition coefficient (Wildman–Crippen LogP) is 0.882. The van der Waals surface area contributed by atoms with E-state index >= 15 is 0 Å². The number of carbonyl (C=O) groups excluding carboxylic acids is 2. The lowest BCUT2D eigenvalue weighted by molar-refractivity contribution is -0.123. The van der Waals surface area contributed by atoms with Crippen molar-refractivity contribution < 1.29 is 9.59 Å². The van der Waals surface area contributed by atoms with Crippen LogP contribution in [0.5, 0.6) is 0 Å². The lowest BCUT2D eigenvalue weighted by Crippen LogP contribution is -2.28. The summed E-state index contributed by atoms with van der Waals surface area (Å²) in [6.07, 6.45) is 1.69.